The summed E-state index contributed by atoms with van der Waals surface area (Å²) in [6.45, 7) is 5.92. The number of aryl methyl sites for hydroxylation is 2. The third-order valence-electron chi connectivity index (χ3n) is 5.71. The number of nitrogens with zero attached hydrogens (tertiary/aromatic N) is 1. The fraction of sp³-hybridized carbons (Fsp3) is 0.240. The molecule has 0 atom stereocenters. The van der Waals surface area contributed by atoms with Crippen LogP contribution in [0.5, 0.6) is 0 Å². The molecule has 1 aliphatic carbocycles. The highest BCUT2D eigenvalue weighted by molar-refractivity contribution is 7.80. The van der Waals surface area contributed by atoms with Crippen LogP contribution in [-0.2, 0) is 6.42 Å². The summed E-state index contributed by atoms with van der Waals surface area (Å²) < 4.78 is 6.00. The van der Waals surface area contributed by atoms with Gasteiger partial charge in [0, 0.05) is 28.9 Å². The van der Waals surface area contributed by atoms with Crippen molar-refractivity contribution in [2.75, 3.05) is 10.6 Å². The predicted molar refractivity (Wildman–Crippen MR) is 133 cm³/mol. The van der Waals surface area contributed by atoms with E-state index in [0.29, 0.717) is 10.9 Å². The van der Waals surface area contributed by atoms with Crippen molar-refractivity contribution in [3.05, 3.63) is 82.3 Å². The molecule has 1 amide bonds. The number of nitrogens with one attached hydrogen (secondary N) is 3. The molecule has 6 nitrogen and oxygen atoms in total. The first-order valence-electron chi connectivity index (χ1n) is 10.6. The summed E-state index contributed by atoms with van der Waals surface area (Å²) in [5.41, 5.74) is 9.31. The van der Waals surface area contributed by atoms with Crippen molar-refractivity contribution in [2.24, 2.45) is 5.10 Å². The number of hydrogen-bond donors (Lipinski definition) is 3. The van der Waals surface area contributed by atoms with E-state index >= 15 is 0 Å². The SMILES string of the molecule is Cc1cccc(NC(=O)c2oc3c(c2C)/C(=N/NC(=S)Nc2ccccc2)CCC3)c1C. The Kier molecular flexibility index (Phi) is 6.37. The van der Waals surface area contributed by atoms with Crippen LogP contribution in [0.2, 0.25) is 0 Å². The monoisotopic (exact) mass is 446 g/mol. The summed E-state index contributed by atoms with van der Waals surface area (Å²) >= 11 is 5.36. The number of carbonyl (C=O) groups is 1. The molecule has 3 N–H and O–H groups in total. The Balaban J connectivity index is 1.53. The Morgan fingerprint density at radius 2 is 1.75 bits per heavy atom. The Morgan fingerprint density at radius 1 is 0.969 bits per heavy atom. The van der Waals surface area contributed by atoms with Gasteiger partial charge in [0.25, 0.3) is 5.91 Å². The molecule has 7 heteroatoms. The van der Waals surface area contributed by atoms with E-state index in [1.165, 1.54) is 0 Å². The Labute approximate surface area is 193 Å². The highest BCUT2D eigenvalue weighted by Crippen LogP contribution is 2.30. The average molecular weight is 447 g/mol. The van der Waals surface area contributed by atoms with Crippen LogP contribution in [0.3, 0.4) is 0 Å². The van der Waals surface area contributed by atoms with E-state index in [1.54, 1.807) is 0 Å². The third kappa shape index (κ3) is 4.57. The van der Waals surface area contributed by atoms with Gasteiger partial charge in [-0.25, -0.2) is 0 Å². The first-order valence-corrected chi connectivity index (χ1v) is 11.0. The smallest absolute Gasteiger partial charge is 0.291 e. The normalized spacial score (nSPS) is 14.0. The van der Waals surface area contributed by atoms with Gasteiger partial charge in [0.15, 0.2) is 10.9 Å². The van der Waals surface area contributed by atoms with Crippen LogP contribution in [0.1, 0.15) is 51.4 Å². The van der Waals surface area contributed by atoms with Crippen molar-refractivity contribution in [3.8, 4) is 0 Å². The second-order valence-electron chi connectivity index (χ2n) is 7.90. The van der Waals surface area contributed by atoms with Crippen LogP contribution in [-0.4, -0.2) is 16.7 Å². The van der Waals surface area contributed by atoms with Crippen LogP contribution < -0.4 is 16.1 Å². The maximum atomic E-state index is 13.0. The van der Waals surface area contributed by atoms with Gasteiger partial charge >= 0.3 is 0 Å². The lowest BCUT2D eigenvalue weighted by Crippen LogP contribution is -2.26. The summed E-state index contributed by atoms with van der Waals surface area (Å²) in [6, 6.07) is 15.5. The maximum Gasteiger partial charge on any atom is 0.291 e. The van der Waals surface area contributed by atoms with Crippen molar-refractivity contribution < 1.29 is 9.21 Å². The van der Waals surface area contributed by atoms with Gasteiger partial charge in [-0.15, -0.1) is 0 Å². The van der Waals surface area contributed by atoms with Crippen molar-refractivity contribution in [3.63, 3.8) is 0 Å². The second-order valence-corrected chi connectivity index (χ2v) is 8.31. The average Bonchev–Trinajstić information content (AvgIpc) is 3.13. The predicted octanol–water partition coefficient (Wildman–Crippen LogP) is 5.48. The van der Waals surface area contributed by atoms with Gasteiger partial charge in [-0.1, -0.05) is 30.3 Å². The number of anilines is 2. The highest BCUT2D eigenvalue weighted by atomic mass is 32.1. The molecular weight excluding hydrogens is 420 g/mol. The lowest BCUT2D eigenvalue weighted by atomic mass is 9.93. The molecule has 0 radical (unpaired) electrons. The Hall–Kier alpha value is -3.45. The molecular formula is C25H26N4O2S. The molecule has 1 aliphatic rings. The van der Waals surface area contributed by atoms with Gasteiger partial charge in [-0.3, -0.25) is 10.2 Å². The molecule has 0 spiro atoms. The van der Waals surface area contributed by atoms with E-state index in [2.05, 4.69) is 21.2 Å². The first kappa shape index (κ1) is 21.8. The summed E-state index contributed by atoms with van der Waals surface area (Å²) in [4.78, 5) is 13.0. The van der Waals surface area contributed by atoms with Gasteiger partial charge in [0.2, 0.25) is 0 Å². The van der Waals surface area contributed by atoms with Gasteiger partial charge in [-0.2, -0.15) is 5.10 Å². The zero-order chi connectivity index (χ0) is 22.7. The van der Waals surface area contributed by atoms with Crippen molar-refractivity contribution >= 4 is 40.3 Å². The summed E-state index contributed by atoms with van der Waals surface area (Å²) in [6.07, 6.45) is 2.46. The van der Waals surface area contributed by atoms with E-state index < -0.39 is 0 Å². The number of amides is 1. The van der Waals surface area contributed by atoms with Crippen LogP contribution in [0.15, 0.2) is 58.0 Å². The number of hydrogen-bond acceptors (Lipinski definition) is 4. The molecule has 0 saturated heterocycles. The second kappa shape index (κ2) is 9.36. The van der Waals surface area contributed by atoms with E-state index in [-0.39, 0.29) is 5.91 Å². The van der Waals surface area contributed by atoms with E-state index in [1.807, 2.05) is 69.3 Å². The van der Waals surface area contributed by atoms with Crippen LogP contribution in [0.25, 0.3) is 0 Å². The topological polar surface area (TPSA) is 78.7 Å². The fourth-order valence-electron chi connectivity index (χ4n) is 3.86. The van der Waals surface area contributed by atoms with Crippen molar-refractivity contribution in [1.29, 1.82) is 0 Å². The number of benzene rings is 2. The Bertz CT molecular complexity index is 1200. The van der Waals surface area contributed by atoms with Crippen LogP contribution >= 0.6 is 12.2 Å². The molecule has 1 heterocycles. The van der Waals surface area contributed by atoms with Crippen LogP contribution in [0.4, 0.5) is 11.4 Å². The summed E-state index contributed by atoms with van der Waals surface area (Å²) in [5, 5.41) is 11.0. The van der Waals surface area contributed by atoms with Crippen LogP contribution in [0, 0.1) is 20.8 Å². The first-order chi connectivity index (χ1) is 15.4. The quantitative estimate of drug-likeness (QED) is 0.365. The molecule has 3 aromatic rings. The van der Waals surface area contributed by atoms with Gasteiger partial charge in [0.1, 0.15) is 5.76 Å². The molecule has 0 unspecified atom stereocenters. The number of rotatable bonds is 4. The lowest BCUT2D eigenvalue weighted by Gasteiger charge is -2.14. The summed E-state index contributed by atoms with van der Waals surface area (Å²) in [5.74, 6) is 0.872. The molecule has 4 rings (SSSR count). The van der Waals surface area contributed by atoms with E-state index in [4.69, 9.17) is 16.6 Å². The standard InChI is InChI=1S/C25H26N4O2S/c1-15-9-7-12-19(16(15)2)27-24(30)23-17(3)22-20(13-8-14-21(22)31-23)28-29-25(32)26-18-10-5-4-6-11-18/h4-7,9-12H,8,13-14H2,1-3H3,(H,27,30)(H2,26,29,32)/b28-20+. The molecule has 0 fully saturated rings. The highest BCUT2D eigenvalue weighted by Gasteiger charge is 2.28. The number of carbonyl (C=O) groups excluding carboxylic acids is 1. The molecule has 0 saturated carbocycles. The lowest BCUT2D eigenvalue weighted by molar-refractivity contribution is 0.0994. The zero-order valence-electron chi connectivity index (χ0n) is 18.4. The number of thiocarbonyl (C=S) groups is 1. The van der Waals surface area contributed by atoms with E-state index in [0.717, 1.165) is 64.4 Å². The van der Waals surface area contributed by atoms with E-state index in [9.17, 15) is 4.79 Å². The third-order valence-corrected chi connectivity index (χ3v) is 5.90. The van der Waals surface area contributed by atoms with Crippen molar-refractivity contribution in [1.82, 2.24) is 5.43 Å². The molecule has 0 bridgehead atoms. The molecule has 164 valence electrons. The van der Waals surface area contributed by atoms with Gasteiger partial charge in [0.05, 0.1) is 5.71 Å². The number of hydrazone groups is 1. The summed E-state index contributed by atoms with van der Waals surface area (Å²) in [7, 11) is 0. The fourth-order valence-corrected chi connectivity index (χ4v) is 4.02. The Morgan fingerprint density at radius 3 is 2.53 bits per heavy atom. The molecule has 1 aromatic heterocycles. The minimum absolute atomic E-state index is 0.251. The largest absolute Gasteiger partial charge is 0.455 e. The number of furan rings is 1. The zero-order valence-corrected chi connectivity index (χ0v) is 19.2. The minimum atomic E-state index is -0.251. The molecule has 0 aliphatic heterocycles. The number of fused-ring (bicyclic) bond motifs is 1. The van der Waals surface area contributed by atoms with Gasteiger partial charge < -0.3 is 15.1 Å². The van der Waals surface area contributed by atoms with Crippen molar-refractivity contribution in [2.45, 2.75) is 40.0 Å². The molecule has 32 heavy (non-hydrogen) atoms. The maximum absolute atomic E-state index is 13.0. The van der Waals surface area contributed by atoms with Gasteiger partial charge in [-0.05, 0) is 75.2 Å². The number of para-hydroxylation sites is 1. The minimum Gasteiger partial charge on any atom is -0.455 e. The molecule has 2 aromatic carbocycles.